The van der Waals surface area contributed by atoms with Gasteiger partial charge in [0.15, 0.2) is 5.72 Å². The van der Waals surface area contributed by atoms with E-state index in [1.807, 2.05) is 60.7 Å². The zero-order chi connectivity index (χ0) is 18.4. The van der Waals surface area contributed by atoms with E-state index >= 15 is 0 Å². The summed E-state index contributed by atoms with van der Waals surface area (Å²) in [6, 6.07) is 4.01. The minimum Gasteiger partial charge on any atom is -0.372 e. The van der Waals surface area contributed by atoms with Crippen molar-refractivity contribution in [2.24, 2.45) is 9.98 Å². The second kappa shape index (κ2) is 5.90. The number of aliphatic imine (C=N–C) groups is 2. The van der Waals surface area contributed by atoms with E-state index < -0.39 is 11.8 Å². The molecule has 5 rings (SSSR count). The third-order valence-electron chi connectivity index (χ3n) is 4.74. The average molecular weight is 358 g/mol. The number of aliphatic hydroxyl groups is 1. The molecule has 134 valence electrons. The zero-order valence-corrected chi connectivity index (χ0v) is 14.7. The highest BCUT2D eigenvalue weighted by Gasteiger charge is 2.39. The van der Waals surface area contributed by atoms with Crippen LogP contribution < -0.4 is 16.0 Å². The first-order valence-electron chi connectivity index (χ1n) is 8.71. The van der Waals surface area contributed by atoms with Gasteiger partial charge in [-0.2, -0.15) is 0 Å². The van der Waals surface area contributed by atoms with E-state index in [2.05, 4.69) is 20.3 Å². The van der Waals surface area contributed by atoms with Crippen LogP contribution in [0.4, 0.5) is 0 Å². The summed E-state index contributed by atoms with van der Waals surface area (Å²) in [5.74, 6) is 0. The number of ether oxygens (including phenoxy) is 1. The first-order valence-corrected chi connectivity index (χ1v) is 8.71. The molecule has 1 aromatic rings. The number of hydrogen-bond acceptors (Lipinski definition) is 5. The number of aromatic nitrogens is 1. The number of hydrogen-bond donors (Lipinski definition) is 3. The van der Waals surface area contributed by atoms with Crippen molar-refractivity contribution in [3.63, 3.8) is 0 Å². The summed E-state index contributed by atoms with van der Waals surface area (Å²) in [6.07, 6.45) is 16.5. The molecule has 3 N–H and O–H groups in total. The van der Waals surface area contributed by atoms with Crippen molar-refractivity contribution in [2.45, 2.75) is 11.8 Å². The van der Waals surface area contributed by atoms with Gasteiger partial charge in [0.25, 0.3) is 0 Å². The predicted octanol–water partition coefficient (Wildman–Crippen LogP) is 0.569. The van der Waals surface area contributed by atoms with E-state index in [0.717, 1.165) is 33.5 Å². The highest BCUT2D eigenvalue weighted by Crippen LogP contribution is 2.27. The van der Waals surface area contributed by atoms with E-state index in [9.17, 15) is 5.11 Å². The summed E-state index contributed by atoms with van der Waals surface area (Å²) in [4.78, 5) is 12.5. The molecule has 27 heavy (non-hydrogen) atoms. The fraction of sp³-hybridized carbons (Fsp3) is 0.143. The van der Waals surface area contributed by atoms with Crippen LogP contribution in [0.5, 0.6) is 0 Å². The van der Waals surface area contributed by atoms with Crippen LogP contribution in [0.25, 0.3) is 12.2 Å². The Morgan fingerprint density at radius 2 is 1.63 bits per heavy atom. The van der Waals surface area contributed by atoms with Crippen molar-refractivity contribution in [1.29, 1.82) is 0 Å². The molecule has 0 radical (unpaired) electrons. The number of nitrogens with one attached hydrogen (secondary N) is 2. The van der Waals surface area contributed by atoms with E-state index in [-0.39, 0.29) is 0 Å². The SMILES string of the molecule is COC1C=C2C=C3C=CC(=N3)C=c3ccc([nH]3)=CC3=NC(=CC1(O)N2)C=C3. The molecule has 2 atom stereocenters. The van der Waals surface area contributed by atoms with E-state index in [1.165, 1.54) is 0 Å². The van der Waals surface area contributed by atoms with Crippen LogP contribution in [0.15, 0.2) is 81.7 Å². The quantitative estimate of drug-likeness (QED) is 0.686. The third-order valence-corrected chi connectivity index (χ3v) is 4.74. The molecule has 0 spiro atoms. The maximum Gasteiger partial charge on any atom is 0.188 e. The Hall–Kier alpha value is -3.22. The van der Waals surface area contributed by atoms with Gasteiger partial charge in [-0.1, -0.05) is 0 Å². The Balaban J connectivity index is 1.68. The lowest BCUT2D eigenvalue weighted by Gasteiger charge is -2.26. The summed E-state index contributed by atoms with van der Waals surface area (Å²) >= 11 is 0. The van der Waals surface area contributed by atoms with Crippen LogP contribution >= 0.6 is 0 Å². The van der Waals surface area contributed by atoms with Gasteiger partial charge in [0.1, 0.15) is 6.10 Å². The van der Waals surface area contributed by atoms with E-state index in [4.69, 9.17) is 4.74 Å². The lowest BCUT2D eigenvalue weighted by atomic mass is 10.1. The predicted molar refractivity (Wildman–Crippen MR) is 105 cm³/mol. The smallest absolute Gasteiger partial charge is 0.188 e. The second-order valence-corrected chi connectivity index (χ2v) is 6.76. The molecule has 4 aliphatic heterocycles. The van der Waals surface area contributed by atoms with Gasteiger partial charge in [0.05, 0.1) is 22.8 Å². The van der Waals surface area contributed by atoms with Crippen LogP contribution in [0.3, 0.4) is 0 Å². The number of H-pyrrole nitrogens is 1. The molecular weight excluding hydrogens is 340 g/mol. The molecule has 0 aliphatic carbocycles. The fourth-order valence-corrected chi connectivity index (χ4v) is 3.50. The standard InChI is InChI=1S/C21H18N4O2/c1-27-20-11-19-10-17-5-4-14(23-17)8-13-2-3-15(22-13)9-16-6-7-18(24-16)12-21(20,26)25-19/h2-12,20,22,25-26H,1H3. The Kier molecular flexibility index (Phi) is 3.50. The van der Waals surface area contributed by atoms with Crippen LogP contribution in [-0.4, -0.2) is 40.5 Å². The lowest BCUT2D eigenvalue weighted by Crippen LogP contribution is -2.47. The van der Waals surface area contributed by atoms with Crippen LogP contribution in [0.2, 0.25) is 0 Å². The van der Waals surface area contributed by atoms with Gasteiger partial charge in [0.2, 0.25) is 0 Å². The molecule has 6 nitrogen and oxygen atoms in total. The van der Waals surface area contributed by atoms with Crippen molar-refractivity contribution in [3.8, 4) is 0 Å². The number of allylic oxidation sites excluding steroid dienone is 5. The first-order chi connectivity index (χ1) is 13.1. The van der Waals surface area contributed by atoms with Gasteiger partial charge in [0, 0.05) is 23.5 Å². The highest BCUT2D eigenvalue weighted by molar-refractivity contribution is 6.20. The molecule has 1 aromatic heterocycles. The van der Waals surface area contributed by atoms with Gasteiger partial charge in [-0.05, 0) is 66.8 Å². The second-order valence-electron chi connectivity index (χ2n) is 6.76. The molecule has 0 amide bonds. The van der Waals surface area contributed by atoms with Crippen molar-refractivity contribution in [2.75, 3.05) is 7.11 Å². The average Bonchev–Trinajstić information content (AvgIpc) is 3.39. The summed E-state index contributed by atoms with van der Waals surface area (Å²) < 4.78 is 5.47. The normalized spacial score (nSPS) is 27.8. The topological polar surface area (TPSA) is 82.0 Å². The van der Waals surface area contributed by atoms with Crippen LogP contribution in [0, 0.1) is 0 Å². The third kappa shape index (κ3) is 2.95. The highest BCUT2D eigenvalue weighted by atomic mass is 16.5. The zero-order valence-electron chi connectivity index (χ0n) is 14.7. The minimum atomic E-state index is -1.38. The van der Waals surface area contributed by atoms with Gasteiger partial charge in [-0.25, -0.2) is 9.98 Å². The Morgan fingerprint density at radius 1 is 0.963 bits per heavy atom. The van der Waals surface area contributed by atoms with Crippen LogP contribution in [0.1, 0.15) is 0 Å². The Morgan fingerprint density at radius 3 is 2.33 bits per heavy atom. The Labute approximate surface area is 155 Å². The number of rotatable bonds is 1. The number of methoxy groups -OCH3 is 1. The molecule has 0 fully saturated rings. The number of aromatic amines is 1. The monoisotopic (exact) mass is 358 g/mol. The molecule has 8 bridgehead atoms. The molecule has 6 heteroatoms. The summed E-state index contributed by atoms with van der Waals surface area (Å²) in [7, 11) is 1.57. The Bertz CT molecular complexity index is 1160. The van der Waals surface area contributed by atoms with Gasteiger partial charge in [-0.15, -0.1) is 0 Å². The maximum absolute atomic E-state index is 11.1. The lowest BCUT2D eigenvalue weighted by molar-refractivity contribution is -0.0409. The van der Waals surface area contributed by atoms with E-state index in [1.54, 1.807) is 13.2 Å². The fourth-order valence-electron chi connectivity index (χ4n) is 3.50. The van der Waals surface area contributed by atoms with E-state index in [0.29, 0.717) is 5.70 Å². The molecule has 2 unspecified atom stereocenters. The van der Waals surface area contributed by atoms with Crippen molar-refractivity contribution in [3.05, 3.63) is 82.5 Å². The molecule has 0 saturated heterocycles. The van der Waals surface area contributed by atoms with Crippen molar-refractivity contribution >= 4 is 23.6 Å². The molecule has 0 aromatic carbocycles. The molecule has 4 aliphatic rings. The van der Waals surface area contributed by atoms with Gasteiger partial charge >= 0.3 is 0 Å². The largest absolute Gasteiger partial charge is 0.372 e. The molecule has 5 heterocycles. The first kappa shape index (κ1) is 16.0. The maximum atomic E-state index is 11.1. The summed E-state index contributed by atoms with van der Waals surface area (Å²) in [6.45, 7) is 0. The van der Waals surface area contributed by atoms with Crippen molar-refractivity contribution < 1.29 is 9.84 Å². The van der Waals surface area contributed by atoms with Crippen LogP contribution in [-0.2, 0) is 4.74 Å². The summed E-state index contributed by atoms with van der Waals surface area (Å²) in [5, 5.41) is 16.1. The van der Waals surface area contributed by atoms with Gasteiger partial charge in [-0.3, -0.25) is 0 Å². The summed E-state index contributed by atoms with van der Waals surface area (Å²) in [5.41, 5.74) is 2.52. The number of nitrogens with zero attached hydrogens (tertiary/aromatic N) is 2. The van der Waals surface area contributed by atoms with Gasteiger partial charge < -0.3 is 20.1 Å². The molecule has 0 saturated carbocycles. The number of fused-ring (bicyclic) bond motifs is 6. The minimum absolute atomic E-state index is 0.532. The van der Waals surface area contributed by atoms with Crippen molar-refractivity contribution in [1.82, 2.24) is 10.3 Å². The molecular formula is C21H18N4O2.